The summed E-state index contributed by atoms with van der Waals surface area (Å²) < 4.78 is 24.9. The number of nitrogens with zero attached hydrogens (tertiary/aromatic N) is 1. The zero-order valence-electron chi connectivity index (χ0n) is 15.9. The first-order valence-corrected chi connectivity index (χ1v) is 10.4. The summed E-state index contributed by atoms with van der Waals surface area (Å²) in [6.45, 7) is 6.11. The number of sulfonamides is 1. The van der Waals surface area contributed by atoms with Crippen LogP contribution in [-0.4, -0.2) is 27.6 Å². The van der Waals surface area contributed by atoms with E-state index >= 15 is 0 Å². The fourth-order valence-corrected chi connectivity index (χ4v) is 3.27. The van der Waals surface area contributed by atoms with E-state index in [0.717, 1.165) is 22.5 Å². The van der Waals surface area contributed by atoms with Crippen LogP contribution in [-0.2, 0) is 10.0 Å². The molecule has 0 saturated carbocycles. The van der Waals surface area contributed by atoms with Crippen molar-refractivity contribution in [2.45, 2.75) is 33.2 Å². The fraction of sp³-hybridized carbons (Fsp3) is 0.350. The lowest BCUT2D eigenvalue weighted by molar-refractivity contribution is 0.0936. The molecule has 26 heavy (non-hydrogen) atoms. The number of para-hydroxylation sites is 1. The fourth-order valence-electron chi connectivity index (χ4n) is 2.76. The molecule has 0 aliphatic carbocycles. The molecule has 0 bridgehead atoms. The van der Waals surface area contributed by atoms with Crippen molar-refractivity contribution in [3.8, 4) is 0 Å². The van der Waals surface area contributed by atoms with Gasteiger partial charge < -0.3 is 5.32 Å². The van der Waals surface area contributed by atoms with Gasteiger partial charge in [-0.05, 0) is 49.1 Å². The van der Waals surface area contributed by atoms with Gasteiger partial charge in [-0.15, -0.1) is 0 Å². The second-order valence-corrected chi connectivity index (χ2v) is 8.54. The summed E-state index contributed by atoms with van der Waals surface area (Å²) in [4.78, 5) is 12.9. The number of aryl methyl sites for hydroxylation is 2. The Bertz CT molecular complexity index is 907. The predicted octanol–water partition coefficient (Wildman–Crippen LogP) is 3.58. The standard InChI is InChI=1S/C20H26N2O3S/c1-6-18(16-12-11-14(2)15(3)13-16)21-20(23)17-9-7-8-10-19(17)22(4)26(5,24)25/h7-13,18H,6H2,1-5H3,(H,21,23). The molecule has 0 spiro atoms. The second-order valence-electron chi connectivity index (χ2n) is 6.53. The van der Waals surface area contributed by atoms with Crippen LogP contribution in [0.15, 0.2) is 42.5 Å². The average molecular weight is 375 g/mol. The van der Waals surface area contributed by atoms with E-state index in [0.29, 0.717) is 11.3 Å². The topological polar surface area (TPSA) is 66.5 Å². The largest absolute Gasteiger partial charge is 0.345 e. The Balaban J connectivity index is 2.33. The molecule has 6 heteroatoms. The maximum absolute atomic E-state index is 12.9. The highest BCUT2D eigenvalue weighted by Gasteiger charge is 2.21. The molecule has 1 atom stereocenters. The molecule has 0 fully saturated rings. The summed E-state index contributed by atoms with van der Waals surface area (Å²) in [6.07, 6.45) is 1.85. The van der Waals surface area contributed by atoms with E-state index in [4.69, 9.17) is 0 Å². The predicted molar refractivity (Wildman–Crippen MR) is 106 cm³/mol. The average Bonchev–Trinajstić information content (AvgIpc) is 2.60. The summed E-state index contributed by atoms with van der Waals surface area (Å²) in [6, 6.07) is 12.7. The highest BCUT2D eigenvalue weighted by atomic mass is 32.2. The monoisotopic (exact) mass is 374 g/mol. The summed E-state index contributed by atoms with van der Waals surface area (Å²) in [5, 5.41) is 3.03. The molecule has 5 nitrogen and oxygen atoms in total. The van der Waals surface area contributed by atoms with Gasteiger partial charge in [-0.1, -0.05) is 37.3 Å². The highest BCUT2D eigenvalue weighted by molar-refractivity contribution is 7.92. The molecule has 0 aromatic heterocycles. The second kappa shape index (κ2) is 7.91. The Labute approximate surface area is 156 Å². The first-order chi connectivity index (χ1) is 12.1. The van der Waals surface area contributed by atoms with Crippen molar-refractivity contribution >= 4 is 21.6 Å². The number of benzene rings is 2. The first kappa shape index (κ1) is 20.0. The van der Waals surface area contributed by atoms with Crippen LogP contribution in [0.1, 0.15) is 46.4 Å². The molecule has 2 rings (SSSR count). The van der Waals surface area contributed by atoms with Gasteiger partial charge >= 0.3 is 0 Å². The van der Waals surface area contributed by atoms with Crippen LogP contribution in [0.4, 0.5) is 5.69 Å². The molecule has 1 unspecified atom stereocenters. The minimum absolute atomic E-state index is 0.140. The number of hydrogen-bond acceptors (Lipinski definition) is 3. The number of nitrogens with one attached hydrogen (secondary N) is 1. The van der Waals surface area contributed by atoms with Crippen LogP contribution in [0.5, 0.6) is 0 Å². The van der Waals surface area contributed by atoms with Crippen molar-refractivity contribution < 1.29 is 13.2 Å². The van der Waals surface area contributed by atoms with E-state index in [-0.39, 0.29) is 11.9 Å². The number of rotatable bonds is 6. The van der Waals surface area contributed by atoms with Crippen LogP contribution in [0.3, 0.4) is 0 Å². The number of anilines is 1. The normalized spacial score (nSPS) is 12.5. The Morgan fingerprint density at radius 1 is 1.12 bits per heavy atom. The highest BCUT2D eigenvalue weighted by Crippen LogP contribution is 2.24. The maximum Gasteiger partial charge on any atom is 0.253 e. The maximum atomic E-state index is 12.9. The molecule has 0 saturated heterocycles. The van der Waals surface area contributed by atoms with Gasteiger partial charge in [-0.25, -0.2) is 8.42 Å². The summed E-state index contributed by atoms with van der Waals surface area (Å²) in [7, 11) is -2.01. The minimum Gasteiger partial charge on any atom is -0.345 e. The van der Waals surface area contributed by atoms with Crippen molar-refractivity contribution in [3.63, 3.8) is 0 Å². The van der Waals surface area contributed by atoms with Crippen LogP contribution in [0.2, 0.25) is 0 Å². The van der Waals surface area contributed by atoms with Crippen molar-refractivity contribution in [1.82, 2.24) is 5.32 Å². The molecule has 0 aliphatic heterocycles. The van der Waals surface area contributed by atoms with Crippen LogP contribution in [0.25, 0.3) is 0 Å². The molecule has 2 aromatic rings. The lowest BCUT2D eigenvalue weighted by atomic mass is 9.99. The number of hydrogen-bond donors (Lipinski definition) is 1. The minimum atomic E-state index is -3.46. The van der Waals surface area contributed by atoms with Crippen molar-refractivity contribution in [2.24, 2.45) is 0 Å². The summed E-state index contributed by atoms with van der Waals surface area (Å²) in [5.41, 5.74) is 4.12. The van der Waals surface area contributed by atoms with Gasteiger partial charge in [0.1, 0.15) is 0 Å². The molecular weight excluding hydrogens is 348 g/mol. The van der Waals surface area contributed by atoms with Gasteiger partial charge in [-0.3, -0.25) is 9.10 Å². The molecule has 140 valence electrons. The Morgan fingerprint density at radius 2 is 1.77 bits per heavy atom. The molecule has 0 heterocycles. The molecular formula is C20H26N2O3S. The van der Waals surface area contributed by atoms with Gasteiger partial charge in [0.2, 0.25) is 10.0 Å². The van der Waals surface area contributed by atoms with Crippen molar-refractivity contribution in [3.05, 3.63) is 64.7 Å². The zero-order chi connectivity index (χ0) is 19.5. The number of carbonyl (C=O) groups is 1. The van der Waals surface area contributed by atoms with E-state index in [1.165, 1.54) is 18.2 Å². The van der Waals surface area contributed by atoms with Gasteiger partial charge in [0.15, 0.2) is 0 Å². The van der Waals surface area contributed by atoms with Crippen LogP contribution in [0, 0.1) is 13.8 Å². The molecule has 2 aromatic carbocycles. The SMILES string of the molecule is CCC(NC(=O)c1ccccc1N(C)S(C)(=O)=O)c1ccc(C)c(C)c1. The van der Waals surface area contributed by atoms with E-state index < -0.39 is 10.0 Å². The van der Waals surface area contributed by atoms with Crippen molar-refractivity contribution in [2.75, 3.05) is 17.6 Å². The van der Waals surface area contributed by atoms with Crippen LogP contribution < -0.4 is 9.62 Å². The molecule has 0 radical (unpaired) electrons. The Morgan fingerprint density at radius 3 is 2.35 bits per heavy atom. The first-order valence-electron chi connectivity index (χ1n) is 8.56. The summed E-state index contributed by atoms with van der Waals surface area (Å²) in [5.74, 6) is -0.291. The van der Waals surface area contributed by atoms with E-state index in [9.17, 15) is 13.2 Å². The lowest BCUT2D eigenvalue weighted by Crippen LogP contribution is -2.32. The molecule has 1 N–H and O–H groups in total. The van der Waals surface area contributed by atoms with Gasteiger partial charge in [0.25, 0.3) is 5.91 Å². The third-order valence-corrected chi connectivity index (χ3v) is 5.82. The number of carbonyl (C=O) groups excluding carboxylic acids is 1. The third kappa shape index (κ3) is 4.43. The summed E-state index contributed by atoms with van der Waals surface area (Å²) >= 11 is 0. The Hall–Kier alpha value is -2.34. The van der Waals surface area contributed by atoms with Crippen LogP contribution >= 0.6 is 0 Å². The van der Waals surface area contributed by atoms with Gasteiger partial charge in [0.05, 0.1) is 23.5 Å². The van der Waals surface area contributed by atoms with E-state index in [2.05, 4.69) is 18.3 Å². The van der Waals surface area contributed by atoms with Crippen molar-refractivity contribution in [1.29, 1.82) is 0 Å². The Kier molecular flexibility index (Phi) is 6.08. The van der Waals surface area contributed by atoms with E-state index in [1.54, 1.807) is 24.3 Å². The quantitative estimate of drug-likeness (QED) is 0.840. The van der Waals surface area contributed by atoms with E-state index in [1.807, 2.05) is 26.0 Å². The molecule has 1 amide bonds. The molecule has 0 aliphatic rings. The van der Waals surface area contributed by atoms with Gasteiger partial charge in [-0.2, -0.15) is 0 Å². The third-order valence-electron chi connectivity index (χ3n) is 4.63. The van der Waals surface area contributed by atoms with Gasteiger partial charge in [0, 0.05) is 7.05 Å². The lowest BCUT2D eigenvalue weighted by Gasteiger charge is -2.22. The zero-order valence-corrected chi connectivity index (χ0v) is 16.7. The number of amides is 1. The smallest absolute Gasteiger partial charge is 0.253 e.